The number of aliphatic hydroxyl groups excluding tert-OH is 1. The summed E-state index contributed by atoms with van der Waals surface area (Å²) in [5.41, 5.74) is 2.34. The Bertz CT molecular complexity index is 583. The van der Waals surface area contributed by atoms with Gasteiger partial charge in [-0.05, 0) is 36.8 Å². The van der Waals surface area contributed by atoms with Crippen molar-refractivity contribution in [2.24, 2.45) is 0 Å². The normalized spacial score (nSPS) is 17.9. The molecule has 1 atom stereocenters. The smallest absolute Gasteiger partial charge is 0.214 e. The lowest BCUT2D eigenvalue weighted by Gasteiger charge is -2.28. The van der Waals surface area contributed by atoms with Gasteiger partial charge in [-0.25, -0.2) is 8.42 Å². The average Bonchev–Trinajstić information content (AvgIpc) is 2.89. The van der Waals surface area contributed by atoms with Crippen LogP contribution in [0.15, 0.2) is 36.9 Å². The van der Waals surface area contributed by atoms with Crippen LogP contribution in [0.25, 0.3) is 0 Å². The number of aliphatic hydroxyl groups is 1. The largest absolute Gasteiger partial charge is 0.396 e. The van der Waals surface area contributed by atoms with E-state index < -0.39 is 10.0 Å². The van der Waals surface area contributed by atoms with Crippen molar-refractivity contribution in [2.45, 2.75) is 31.7 Å². The van der Waals surface area contributed by atoms with Gasteiger partial charge in [0, 0.05) is 13.2 Å². The van der Waals surface area contributed by atoms with Crippen LogP contribution in [0.3, 0.4) is 0 Å². The molecule has 5 heteroatoms. The monoisotopic (exact) mass is 309 g/mol. The average molecular weight is 309 g/mol. The number of fused-ring (bicyclic) bond motifs is 1. The molecule has 2 rings (SSSR count). The van der Waals surface area contributed by atoms with E-state index in [4.69, 9.17) is 5.11 Å². The van der Waals surface area contributed by atoms with Crippen LogP contribution in [0.5, 0.6) is 0 Å². The fourth-order valence-electron chi connectivity index (χ4n) is 2.90. The summed E-state index contributed by atoms with van der Waals surface area (Å²) in [5.74, 6) is 0.0839. The summed E-state index contributed by atoms with van der Waals surface area (Å²) < 4.78 is 26.8. The Hall–Kier alpha value is -1.17. The first-order chi connectivity index (χ1) is 10.1. The number of hydrogen-bond acceptors (Lipinski definition) is 3. The summed E-state index contributed by atoms with van der Waals surface area (Å²) in [7, 11) is -3.33. The van der Waals surface area contributed by atoms with E-state index >= 15 is 0 Å². The second kappa shape index (κ2) is 7.20. The van der Waals surface area contributed by atoms with Crippen LogP contribution < -0.4 is 0 Å². The number of rotatable bonds is 8. The van der Waals surface area contributed by atoms with E-state index in [0.29, 0.717) is 19.4 Å². The first-order valence-corrected chi connectivity index (χ1v) is 9.00. The molecule has 1 aliphatic carbocycles. The predicted molar refractivity (Wildman–Crippen MR) is 84.5 cm³/mol. The Balaban J connectivity index is 2.27. The van der Waals surface area contributed by atoms with Crippen molar-refractivity contribution in [1.82, 2.24) is 4.31 Å². The van der Waals surface area contributed by atoms with E-state index in [2.05, 4.69) is 12.6 Å². The van der Waals surface area contributed by atoms with Crippen LogP contribution >= 0.6 is 0 Å². The molecule has 21 heavy (non-hydrogen) atoms. The summed E-state index contributed by atoms with van der Waals surface area (Å²) in [6.45, 7) is 3.97. The zero-order valence-electron chi connectivity index (χ0n) is 12.2. The molecule has 1 unspecified atom stereocenters. The van der Waals surface area contributed by atoms with Gasteiger partial charge < -0.3 is 5.11 Å². The Labute approximate surface area is 127 Å². The molecule has 1 aromatic carbocycles. The van der Waals surface area contributed by atoms with E-state index in [1.54, 1.807) is 10.4 Å². The number of sulfonamides is 1. The van der Waals surface area contributed by atoms with Crippen molar-refractivity contribution in [3.05, 3.63) is 48.0 Å². The van der Waals surface area contributed by atoms with Crippen LogP contribution in [-0.2, 0) is 16.4 Å². The topological polar surface area (TPSA) is 57.6 Å². The molecule has 4 nitrogen and oxygen atoms in total. The third-order valence-corrected chi connectivity index (χ3v) is 5.83. The van der Waals surface area contributed by atoms with Crippen LogP contribution in [0.4, 0.5) is 0 Å². The van der Waals surface area contributed by atoms with E-state index in [0.717, 1.165) is 18.4 Å². The van der Waals surface area contributed by atoms with Crippen molar-refractivity contribution in [3.63, 3.8) is 0 Å². The molecule has 0 fully saturated rings. The molecule has 0 saturated heterocycles. The summed E-state index contributed by atoms with van der Waals surface area (Å²) in [6, 6.07) is 7.93. The van der Waals surface area contributed by atoms with Crippen LogP contribution in [-0.4, -0.2) is 36.7 Å². The van der Waals surface area contributed by atoms with E-state index in [1.807, 2.05) is 18.2 Å². The van der Waals surface area contributed by atoms with E-state index in [9.17, 15) is 8.42 Å². The number of allylic oxidation sites excluding steroid dienone is 1. The van der Waals surface area contributed by atoms with Gasteiger partial charge in [-0.2, -0.15) is 4.31 Å². The maximum atomic E-state index is 12.6. The van der Waals surface area contributed by atoms with Gasteiger partial charge >= 0.3 is 0 Å². The summed E-state index contributed by atoms with van der Waals surface area (Å²) >= 11 is 0. The molecule has 1 N–H and O–H groups in total. The lowest BCUT2D eigenvalue weighted by molar-refractivity contribution is 0.250. The highest BCUT2D eigenvalue weighted by Crippen LogP contribution is 2.37. The minimum absolute atomic E-state index is 0.00183. The molecule has 0 spiro atoms. The predicted octanol–water partition coefficient (Wildman–Crippen LogP) is 2.26. The molecule has 0 aliphatic heterocycles. The second-order valence-electron chi connectivity index (χ2n) is 5.33. The van der Waals surface area contributed by atoms with Gasteiger partial charge in [-0.15, -0.1) is 6.58 Å². The van der Waals surface area contributed by atoms with E-state index in [1.165, 1.54) is 5.56 Å². The Morgan fingerprint density at radius 2 is 2.14 bits per heavy atom. The molecule has 0 radical (unpaired) electrons. The van der Waals surface area contributed by atoms with Crippen molar-refractivity contribution in [2.75, 3.05) is 18.9 Å². The highest BCUT2D eigenvalue weighted by Gasteiger charge is 2.34. The SMILES string of the molecule is C=CCCS(=O)(=O)N(CCCO)C1CCc2ccccc21. The Morgan fingerprint density at radius 3 is 2.86 bits per heavy atom. The minimum Gasteiger partial charge on any atom is -0.396 e. The third-order valence-electron chi connectivity index (χ3n) is 3.92. The summed E-state index contributed by atoms with van der Waals surface area (Å²) in [5, 5.41) is 9.06. The van der Waals surface area contributed by atoms with Crippen molar-refractivity contribution >= 4 is 10.0 Å². The number of hydrogen-bond donors (Lipinski definition) is 1. The fourth-order valence-corrected chi connectivity index (χ4v) is 4.61. The van der Waals surface area contributed by atoms with Gasteiger partial charge in [0.1, 0.15) is 0 Å². The quantitative estimate of drug-likeness (QED) is 0.749. The summed E-state index contributed by atoms with van der Waals surface area (Å²) in [6.07, 6.45) is 4.27. The highest BCUT2D eigenvalue weighted by atomic mass is 32.2. The molecule has 0 aromatic heterocycles. The number of benzene rings is 1. The van der Waals surface area contributed by atoms with Gasteiger partial charge in [0.25, 0.3) is 0 Å². The van der Waals surface area contributed by atoms with Gasteiger partial charge in [-0.3, -0.25) is 0 Å². The van der Waals surface area contributed by atoms with Crippen molar-refractivity contribution < 1.29 is 13.5 Å². The van der Waals surface area contributed by atoms with Gasteiger partial charge in [0.2, 0.25) is 10.0 Å². The number of nitrogens with zero attached hydrogens (tertiary/aromatic N) is 1. The zero-order chi connectivity index (χ0) is 15.3. The van der Waals surface area contributed by atoms with Crippen molar-refractivity contribution in [3.8, 4) is 0 Å². The molecule has 0 bridgehead atoms. The molecule has 0 saturated carbocycles. The maximum absolute atomic E-state index is 12.6. The molecule has 1 aliphatic rings. The van der Waals surface area contributed by atoms with Gasteiger partial charge in [0.15, 0.2) is 0 Å². The molecule has 0 heterocycles. The van der Waals surface area contributed by atoms with Gasteiger partial charge in [-0.1, -0.05) is 30.3 Å². The highest BCUT2D eigenvalue weighted by molar-refractivity contribution is 7.89. The second-order valence-corrected chi connectivity index (χ2v) is 7.38. The Kier molecular flexibility index (Phi) is 5.56. The first-order valence-electron chi connectivity index (χ1n) is 7.39. The Morgan fingerprint density at radius 1 is 1.38 bits per heavy atom. The number of aryl methyl sites for hydroxylation is 1. The molecular formula is C16H23NO3S. The fraction of sp³-hybridized carbons (Fsp3) is 0.500. The van der Waals surface area contributed by atoms with Crippen LogP contribution in [0.2, 0.25) is 0 Å². The lowest BCUT2D eigenvalue weighted by Crippen LogP contribution is -2.36. The maximum Gasteiger partial charge on any atom is 0.214 e. The van der Waals surface area contributed by atoms with Crippen LogP contribution in [0.1, 0.15) is 36.4 Å². The third kappa shape index (κ3) is 3.73. The minimum atomic E-state index is -3.33. The standard InChI is InChI=1S/C16H23NO3S/c1-2-3-13-21(19,20)17(11-6-12-18)16-10-9-14-7-4-5-8-15(14)16/h2,4-5,7-8,16,18H,1,3,6,9-13H2. The molecule has 0 amide bonds. The first kappa shape index (κ1) is 16.2. The molecular weight excluding hydrogens is 286 g/mol. The van der Waals surface area contributed by atoms with Crippen molar-refractivity contribution in [1.29, 1.82) is 0 Å². The van der Waals surface area contributed by atoms with Gasteiger partial charge in [0.05, 0.1) is 11.8 Å². The summed E-state index contributed by atoms with van der Waals surface area (Å²) in [4.78, 5) is 0. The van der Waals surface area contributed by atoms with Crippen LogP contribution in [0, 0.1) is 0 Å². The zero-order valence-corrected chi connectivity index (χ0v) is 13.1. The molecule has 1 aromatic rings. The lowest BCUT2D eigenvalue weighted by atomic mass is 10.1. The van der Waals surface area contributed by atoms with E-state index in [-0.39, 0.29) is 18.4 Å². The molecule has 116 valence electrons.